The molecule has 0 aromatic heterocycles. The number of nitrogens with one attached hydrogen (secondary N) is 2. The van der Waals surface area contributed by atoms with Gasteiger partial charge in [0.05, 0.1) is 6.61 Å². The average molecular weight is 475 g/mol. The van der Waals surface area contributed by atoms with Crippen molar-refractivity contribution in [3.63, 3.8) is 0 Å². The third-order valence-electron chi connectivity index (χ3n) is 4.50. The first kappa shape index (κ1) is 23.6. The smallest absolute Gasteiger partial charge is 0.265 e. The van der Waals surface area contributed by atoms with Crippen molar-refractivity contribution >= 4 is 38.9 Å². The molecule has 168 valence electrons. The normalized spacial score (nSPS) is 12.1. The Morgan fingerprint density at radius 1 is 1.06 bits per heavy atom. The maximum atomic E-state index is 12.9. The second-order valence-electron chi connectivity index (χ2n) is 7.01. The molecule has 3 aromatic carbocycles. The molecule has 1 amide bonds. The second kappa shape index (κ2) is 10.0. The number of anilines is 2. The van der Waals surface area contributed by atoms with Crippen LogP contribution in [0.5, 0.6) is 5.75 Å². The number of hydrogen-bond acceptors (Lipinski definition) is 5. The van der Waals surface area contributed by atoms with Crippen LogP contribution in [0.3, 0.4) is 0 Å². The molecule has 0 saturated carbocycles. The summed E-state index contributed by atoms with van der Waals surface area (Å²) >= 11 is 5.83. The van der Waals surface area contributed by atoms with Crippen LogP contribution in [-0.2, 0) is 14.8 Å². The summed E-state index contributed by atoms with van der Waals surface area (Å²) in [5, 5.41) is 13.3. The topological polar surface area (TPSA) is 105 Å². The van der Waals surface area contributed by atoms with Gasteiger partial charge in [0, 0.05) is 22.5 Å². The molecular formula is C23H23ClN2O5S. The van der Waals surface area contributed by atoms with Gasteiger partial charge in [-0.25, -0.2) is 8.42 Å². The minimum Gasteiger partial charge on any atom is -0.492 e. The second-order valence-corrected chi connectivity index (χ2v) is 9.10. The van der Waals surface area contributed by atoms with Gasteiger partial charge in [-0.1, -0.05) is 35.9 Å². The van der Waals surface area contributed by atoms with Gasteiger partial charge >= 0.3 is 0 Å². The number of aliphatic hydroxyl groups excluding tert-OH is 1. The lowest BCUT2D eigenvalue weighted by atomic mass is 10.1. The van der Waals surface area contributed by atoms with Gasteiger partial charge in [-0.15, -0.1) is 0 Å². The summed E-state index contributed by atoms with van der Waals surface area (Å²) < 4.78 is 33.9. The number of halogens is 1. The minimum absolute atomic E-state index is 0.0721. The van der Waals surface area contributed by atoms with Crippen molar-refractivity contribution in [2.24, 2.45) is 0 Å². The lowest BCUT2D eigenvalue weighted by Gasteiger charge is -2.16. The van der Waals surface area contributed by atoms with Gasteiger partial charge in [-0.3, -0.25) is 9.52 Å². The summed E-state index contributed by atoms with van der Waals surface area (Å²) in [6, 6.07) is 17.4. The molecule has 7 nitrogen and oxygen atoms in total. The van der Waals surface area contributed by atoms with Crippen molar-refractivity contribution in [2.75, 3.05) is 16.6 Å². The predicted molar refractivity (Wildman–Crippen MR) is 125 cm³/mol. The van der Waals surface area contributed by atoms with Crippen LogP contribution in [0.25, 0.3) is 0 Å². The lowest BCUT2D eigenvalue weighted by molar-refractivity contribution is -0.124. The van der Waals surface area contributed by atoms with E-state index in [1.54, 1.807) is 49.4 Å². The number of aliphatic hydroxyl groups is 1. The number of carbonyl (C=O) groups excluding carboxylic acids is 1. The lowest BCUT2D eigenvalue weighted by Crippen LogP contribution is -2.21. The van der Waals surface area contributed by atoms with Crippen molar-refractivity contribution in [3.05, 3.63) is 82.9 Å². The highest BCUT2D eigenvalue weighted by Gasteiger charge is 2.22. The van der Waals surface area contributed by atoms with Crippen LogP contribution in [0.4, 0.5) is 11.4 Å². The van der Waals surface area contributed by atoms with Crippen LogP contribution in [0, 0.1) is 6.92 Å². The molecule has 0 fully saturated rings. The highest BCUT2D eigenvalue weighted by molar-refractivity contribution is 7.92. The molecule has 32 heavy (non-hydrogen) atoms. The van der Waals surface area contributed by atoms with Gasteiger partial charge in [0.25, 0.3) is 15.9 Å². The Balaban J connectivity index is 1.83. The molecule has 3 N–H and O–H groups in total. The Labute approximate surface area is 192 Å². The molecule has 0 heterocycles. The van der Waals surface area contributed by atoms with Crippen LogP contribution in [-0.4, -0.2) is 26.0 Å². The Bertz CT molecular complexity index is 1210. The molecule has 0 aliphatic carbocycles. The summed E-state index contributed by atoms with van der Waals surface area (Å²) in [6.45, 7) is 3.80. The third kappa shape index (κ3) is 5.79. The standard InChI is InChI=1S/C23H23ClN2O5S/c1-3-31-20-14-18(25-23(28)22(27)16-7-9-17(24)10-8-16)11-12-21(20)32(29,30)26-19-6-4-5-15(2)13-19/h4-14,22,26-27H,3H2,1-2H3,(H,25,28). The number of ether oxygens (including phenoxy) is 1. The number of hydrogen-bond donors (Lipinski definition) is 3. The van der Waals surface area contributed by atoms with Gasteiger partial charge in [-0.2, -0.15) is 0 Å². The Morgan fingerprint density at radius 3 is 2.44 bits per heavy atom. The van der Waals surface area contributed by atoms with Gasteiger partial charge in [-0.05, 0) is 61.4 Å². The molecule has 1 unspecified atom stereocenters. The van der Waals surface area contributed by atoms with E-state index in [2.05, 4.69) is 10.0 Å². The van der Waals surface area contributed by atoms with Gasteiger partial charge in [0.15, 0.2) is 6.10 Å². The van der Waals surface area contributed by atoms with Crippen molar-refractivity contribution < 1.29 is 23.1 Å². The number of amides is 1. The van der Waals surface area contributed by atoms with E-state index in [1.807, 2.05) is 13.0 Å². The van der Waals surface area contributed by atoms with Crippen LogP contribution in [0.1, 0.15) is 24.2 Å². The molecular weight excluding hydrogens is 452 g/mol. The monoisotopic (exact) mass is 474 g/mol. The summed E-state index contributed by atoms with van der Waals surface area (Å²) in [7, 11) is -3.94. The minimum atomic E-state index is -3.94. The maximum absolute atomic E-state index is 12.9. The quantitative estimate of drug-likeness (QED) is 0.445. The van der Waals surface area contributed by atoms with E-state index < -0.39 is 22.0 Å². The van der Waals surface area contributed by atoms with E-state index in [1.165, 1.54) is 18.2 Å². The zero-order chi connectivity index (χ0) is 23.3. The summed E-state index contributed by atoms with van der Waals surface area (Å²) in [6.07, 6.45) is -1.42. The van der Waals surface area contributed by atoms with E-state index in [9.17, 15) is 18.3 Å². The molecule has 0 bridgehead atoms. The van der Waals surface area contributed by atoms with Crippen LogP contribution >= 0.6 is 11.6 Å². The van der Waals surface area contributed by atoms with E-state index in [4.69, 9.17) is 16.3 Å². The van der Waals surface area contributed by atoms with Gasteiger partial charge in [0.1, 0.15) is 10.6 Å². The molecule has 0 aliphatic heterocycles. The number of carbonyl (C=O) groups is 1. The molecule has 3 aromatic rings. The SMILES string of the molecule is CCOc1cc(NC(=O)C(O)c2ccc(Cl)cc2)ccc1S(=O)(=O)Nc1cccc(C)c1. The molecule has 0 aliphatic rings. The number of sulfonamides is 1. The summed E-state index contributed by atoms with van der Waals surface area (Å²) in [5.41, 5.74) is 1.99. The van der Waals surface area contributed by atoms with E-state index in [0.29, 0.717) is 16.3 Å². The first-order chi connectivity index (χ1) is 15.2. The zero-order valence-electron chi connectivity index (χ0n) is 17.5. The zero-order valence-corrected chi connectivity index (χ0v) is 19.1. The first-order valence-electron chi connectivity index (χ1n) is 9.80. The fraction of sp³-hybridized carbons (Fsp3) is 0.174. The highest BCUT2D eigenvalue weighted by Crippen LogP contribution is 2.30. The van der Waals surface area contributed by atoms with Crippen molar-refractivity contribution in [1.82, 2.24) is 0 Å². The molecule has 1 atom stereocenters. The fourth-order valence-corrected chi connectivity index (χ4v) is 4.30. The van der Waals surface area contributed by atoms with E-state index in [0.717, 1.165) is 5.56 Å². The average Bonchev–Trinajstić information content (AvgIpc) is 2.73. The van der Waals surface area contributed by atoms with Crippen LogP contribution < -0.4 is 14.8 Å². The summed E-state index contributed by atoms with van der Waals surface area (Å²) in [5.74, 6) is -0.602. The van der Waals surface area contributed by atoms with Crippen molar-refractivity contribution in [1.29, 1.82) is 0 Å². The van der Waals surface area contributed by atoms with Crippen molar-refractivity contribution in [2.45, 2.75) is 24.8 Å². The Hall–Kier alpha value is -3.07. The first-order valence-corrected chi connectivity index (χ1v) is 11.7. The molecule has 3 rings (SSSR count). The number of benzene rings is 3. The van der Waals surface area contributed by atoms with Crippen LogP contribution in [0.2, 0.25) is 5.02 Å². The molecule has 9 heteroatoms. The van der Waals surface area contributed by atoms with E-state index in [-0.39, 0.29) is 22.9 Å². The molecule has 0 radical (unpaired) electrons. The van der Waals surface area contributed by atoms with Crippen LogP contribution in [0.15, 0.2) is 71.6 Å². The number of rotatable bonds is 8. The summed E-state index contributed by atoms with van der Waals surface area (Å²) in [4.78, 5) is 12.4. The van der Waals surface area contributed by atoms with Gasteiger partial charge in [0.2, 0.25) is 0 Å². The molecule has 0 saturated heterocycles. The number of aryl methyl sites for hydroxylation is 1. The Kier molecular flexibility index (Phi) is 7.40. The van der Waals surface area contributed by atoms with E-state index >= 15 is 0 Å². The Morgan fingerprint density at radius 2 is 1.78 bits per heavy atom. The fourth-order valence-electron chi connectivity index (χ4n) is 3.00. The third-order valence-corrected chi connectivity index (χ3v) is 6.18. The largest absolute Gasteiger partial charge is 0.492 e. The maximum Gasteiger partial charge on any atom is 0.265 e. The van der Waals surface area contributed by atoms with Crippen molar-refractivity contribution in [3.8, 4) is 5.75 Å². The molecule has 0 spiro atoms. The van der Waals surface area contributed by atoms with Gasteiger partial charge < -0.3 is 15.2 Å². The highest BCUT2D eigenvalue weighted by atomic mass is 35.5. The predicted octanol–water partition coefficient (Wildman–Crippen LogP) is 4.52.